The molecule has 0 unspecified atom stereocenters. The van der Waals surface area contributed by atoms with Gasteiger partial charge in [0.2, 0.25) is 15.4 Å². The Hall–Kier alpha value is -1.21. The summed E-state index contributed by atoms with van der Waals surface area (Å²) in [4.78, 5) is 24.6. The van der Waals surface area contributed by atoms with Gasteiger partial charge in [-0.1, -0.05) is 11.3 Å². The van der Waals surface area contributed by atoms with Gasteiger partial charge >= 0.3 is 0 Å². The number of aromatic nitrogens is 2. The maximum Gasteiger partial charge on any atom is 0.285 e. The molecule has 0 bridgehead atoms. The number of nitrogens with one attached hydrogen (secondary N) is 1. The molecular weight excluding hydrogens is 252 g/mol. The van der Waals surface area contributed by atoms with Gasteiger partial charge in [0.25, 0.3) is 5.91 Å². The summed E-state index contributed by atoms with van der Waals surface area (Å²) in [6, 6.07) is 0. The molecule has 0 aliphatic carbocycles. The van der Waals surface area contributed by atoms with Gasteiger partial charge in [-0.25, -0.2) is 0 Å². The Morgan fingerprint density at radius 1 is 1.50 bits per heavy atom. The fourth-order valence-electron chi connectivity index (χ4n) is 1.41. The van der Waals surface area contributed by atoms with E-state index in [9.17, 15) is 9.59 Å². The van der Waals surface area contributed by atoms with Crippen LogP contribution in [-0.2, 0) is 4.79 Å². The summed E-state index contributed by atoms with van der Waals surface area (Å²) in [7, 11) is 0. The van der Waals surface area contributed by atoms with Gasteiger partial charge in [0.15, 0.2) is 0 Å². The van der Waals surface area contributed by atoms with E-state index in [0.717, 1.165) is 17.8 Å². The molecular formula is C8H9ClN4O2S. The molecule has 1 N–H and O–H groups in total. The maximum atomic E-state index is 11.9. The van der Waals surface area contributed by atoms with Crippen LogP contribution < -0.4 is 5.32 Å². The molecule has 16 heavy (non-hydrogen) atoms. The van der Waals surface area contributed by atoms with Gasteiger partial charge in [-0.3, -0.25) is 9.59 Å². The highest BCUT2D eigenvalue weighted by molar-refractivity contribution is 7.17. The second-order valence-corrected chi connectivity index (χ2v) is 4.85. The van der Waals surface area contributed by atoms with Crippen molar-refractivity contribution in [2.24, 2.45) is 0 Å². The van der Waals surface area contributed by atoms with Crippen molar-refractivity contribution >= 4 is 34.8 Å². The van der Waals surface area contributed by atoms with Gasteiger partial charge in [-0.2, -0.15) is 0 Å². The molecule has 1 aliphatic heterocycles. The van der Waals surface area contributed by atoms with Crippen molar-refractivity contribution in [2.75, 3.05) is 19.6 Å². The zero-order chi connectivity index (χ0) is 11.5. The zero-order valence-electron chi connectivity index (χ0n) is 8.27. The van der Waals surface area contributed by atoms with Crippen LogP contribution in [0.1, 0.15) is 16.2 Å². The summed E-state index contributed by atoms with van der Waals surface area (Å²) in [5.74, 6) is -0.442. The first-order chi connectivity index (χ1) is 7.66. The summed E-state index contributed by atoms with van der Waals surface area (Å²) in [5, 5.41) is 10.1. The fourth-order valence-corrected chi connectivity index (χ4v) is 2.20. The van der Waals surface area contributed by atoms with Crippen molar-refractivity contribution in [1.82, 2.24) is 20.4 Å². The third-order valence-electron chi connectivity index (χ3n) is 2.13. The Labute approximate surface area is 101 Å². The SMILES string of the molecule is O=C1CN(C(=O)c2nnc(Cl)s2)CCCN1. The lowest BCUT2D eigenvalue weighted by molar-refractivity contribution is -0.121. The Morgan fingerprint density at radius 2 is 2.31 bits per heavy atom. The van der Waals surface area contributed by atoms with Crippen molar-refractivity contribution in [3.05, 3.63) is 9.47 Å². The summed E-state index contributed by atoms with van der Waals surface area (Å²) in [5.41, 5.74) is 0. The largest absolute Gasteiger partial charge is 0.354 e. The smallest absolute Gasteiger partial charge is 0.285 e. The normalized spacial score (nSPS) is 16.8. The third-order valence-corrected chi connectivity index (χ3v) is 3.14. The maximum absolute atomic E-state index is 11.9. The average Bonchev–Trinajstić information content (AvgIpc) is 2.56. The van der Waals surface area contributed by atoms with E-state index in [1.165, 1.54) is 4.90 Å². The predicted octanol–water partition coefficient (Wildman–Crippen LogP) is 0.154. The standard InChI is InChI=1S/C8H9ClN4O2S/c9-8-12-11-6(16-8)7(15)13-3-1-2-10-5(14)4-13/h1-4H2,(H,10,14). The quantitative estimate of drug-likeness (QED) is 0.780. The number of halogens is 1. The highest BCUT2D eigenvalue weighted by atomic mass is 35.5. The van der Waals surface area contributed by atoms with Crippen LogP contribution in [0.5, 0.6) is 0 Å². The second kappa shape index (κ2) is 4.75. The minimum Gasteiger partial charge on any atom is -0.354 e. The van der Waals surface area contributed by atoms with Gasteiger partial charge in [-0.15, -0.1) is 10.2 Å². The minimum absolute atomic E-state index is 0.0655. The van der Waals surface area contributed by atoms with Gasteiger partial charge < -0.3 is 10.2 Å². The number of rotatable bonds is 1. The van der Waals surface area contributed by atoms with Crippen molar-refractivity contribution in [1.29, 1.82) is 0 Å². The molecule has 8 heteroatoms. The molecule has 2 amide bonds. The molecule has 0 saturated carbocycles. The lowest BCUT2D eigenvalue weighted by atomic mass is 10.4. The number of amides is 2. The molecule has 2 rings (SSSR count). The van der Waals surface area contributed by atoms with Crippen molar-refractivity contribution in [3.63, 3.8) is 0 Å². The number of nitrogens with zero attached hydrogens (tertiary/aromatic N) is 3. The van der Waals surface area contributed by atoms with Crippen LogP contribution in [-0.4, -0.2) is 46.5 Å². The van der Waals surface area contributed by atoms with Crippen molar-refractivity contribution in [3.8, 4) is 0 Å². The predicted molar refractivity (Wildman–Crippen MR) is 58.4 cm³/mol. The number of carbonyl (C=O) groups is 2. The third kappa shape index (κ3) is 2.48. The van der Waals surface area contributed by atoms with E-state index in [1.54, 1.807) is 0 Å². The molecule has 0 atom stereocenters. The lowest BCUT2D eigenvalue weighted by Gasteiger charge is -2.16. The van der Waals surface area contributed by atoms with Gasteiger partial charge in [0.1, 0.15) is 0 Å². The average molecular weight is 261 g/mol. The van der Waals surface area contributed by atoms with Crippen LogP contribution in [0.15, 0.2) is 0 Å². The first-order valence-electron chi connectivity index (χ1n) is 4.72. The molecule has 86 valence electrons. The molecule has 1 aliphatic rings. The van der Waals surface area contributed by atoms with Crippen molar-refractivity contribution < 1.29 is 9.59 Å². The Morgan fingerprint density at radius 3 is 3.00 bits per heavy atom. The van der Waals surface area contributed by atoms with E-state index < -0.39 is 0 Å². The van der Waals surface area contributed by atoms with Crippen LogP contribution in [0.3, 0.4) is 0 Å². The summed E-state index contributed by atoms with van der Waals surface area (Å²) >= 11 is 6.62. The molecule has 0 spiro atoms. The van der Waals surface area contributed by atoms with E-state index >= 15 is 0 Å². The van der Waals surface area contributed by atoms with E-state index in [-0.39, 0.29) is 27.8 Å². The van der Waals surface area contributed by atoms with Crippen LogP contribution in [0.2, 0.25) is 4.47 Å². The van der Waals surface area contributed by atoms with E-state index in [1.807, 2.05) is 0 Å². The molecule has 0 aromatic carbocycles. The first-order valence-corrected chi connectivity index (χ1v) is 5.91. The van der Waals surface area contributed by atoms with E-state index in [2.05, 4.69) is 15.5 Å². The Bertz CT molecular complexity index is 422. The fraction of sp³-hybridized carbons (Fsp3) is 0.500. The number of hydrogen-bond donors (Lipinski definition) is 1. The molecule has 0 radical (unpaired) electrons. The highest BCUT2D eigenvalue weighted by Gasteiger charge is 2.23. The summed E-state index contributed by atoms with van der Waals surface area (Å²) < 4.78 is 0.225. The van der Waals surface area contributed by atoms with E-state index in [0.29, 0.717) is 13.1 Å². The topological polar surface area (TPSA) is 75.2 Å². The Kier molecular flexibility index (Phi) is 3.35. The van der Waals surface area contributed by atoms with Crippen molar-refractivity contribution in [2.45, 2.75) is 6.42 Å². The minimum atomic E-state index is -0.290. The molecule has 2 heterocycles. The number of hydrogen-bond acceptors (Lipinski definition) is 5. The van der Waals surface area contributed by atoms with Gasteiger partial charge in [0, 0.05) is 13.1 Å². The highest BCUT2D eigenvalue weighted by Crippen LogP contribution is 2.16. The van der Waals surface area contributed by atoms with Crippen LogP contribution in [0, 0.1) is 0 Å². The summed E-state index contributed by atoms with van der Waals surface area (Å²) in [6.45, 7) is 1.20. The van der Waals surface area contributed by atoms with Gasteiger partial charge in [0.05, 0.1) is 6.54 Å². The lowest BCUT2D eigenvalue weighted by Crippen LogP contribution is -2.37. The molecule has 1 saturated heterocycles. The van der Waals surface area contributed by atoms with Crippen LogP contribution in [0.25, 0.3) is 0 Å². The first kappa shape index (κ1) is 11.3. The molecule has 1 fully saturated rings. The number of carbonyl (C=O) groups excluding carboxylic acids is 2. The molecule has 1 aromatic rings. The summed E-state index contributed by atoms with van der Waals surface area (Å²) in [6.07, 6.45) is 0.740. The monoisotopic (exact) mass is 260 g/mol. The Balaban J connectivity index is 2.11. The van der Waals surface area contributed by atoms with E-state index in [4.69, 9.17) is 11.6 Å². The zero-order valence-corrected chi connectivity index (χ0v) is 9.85. The molecule has 1 aromatic heterocycles. The van der Waals surface area contributed by atoms with Gasteiger partial charge in [-0.05, 0) is 18.0 Å². The van der Waals surface area contributed by atoms with Crippen LogP contribution in [0.4, 0.5) is 0 Å². The second-order valence-electron chi connectivity index (χ2n) is 3.29. The van der Waals surface area contributed by atoms with Crippen LogP contribution >= 0.6 is 22.9 Å². The molecule has 6 nitrogen and oxygen atoms in total.